The lowest BCUT2D eigenvalue weighted by atomic mass is 9.97. The molecule has 0 saturated carbocycles. The molecule has 0 spiro atoms. The number of benzene rings is 3. The summed E-state index contributed by atoms with van der Waals surface area (Å²) >= 11 is 0. The maximum absolute atomic E-state index is 12.3. The normalized spacial score (nSPS) is 16.4. The van der Waals surface area contributed by atoms with Gasteiger partial charge in [0.2, 0.25) is 0 Å². The van der Waals surface area contributed by atoms with Crippen LogP contribution < -0.4 is 0 Å². The molecule has 1 fully saturated rings. The zero-order chi connectivity index (χ0) is 15.8. The summed E-state index contributed by atoms with van der Waals surface area (Å²) in [6.45, 7) is 0.944. The first-order chi connectivity index (χ1) is 11.3. The van der Waals surface area contributed by atoms with Crippen LogP contribution in [0.5, 0.6) is 0 Å². The van der Waals surface area contributed by atoms with E-state index in [4.69, 9.17) is 9.47 Å². The van der Waals surface area contributed by atoms with Crippen molar-refractivity contribution in [2.75, 3.05) is 13.2 Å². The zero-order valence-corrected chi connectivity index (χ0v) is 12.3. The zero-order valence-electron chi connectivity index (χ0n) is 12.3. The summed E-state index contributed by atoms with van der Waals surface area (Å²) in [4.78, 5) is 23.5. The van der Waals surface area contributed by atoms with Gasteiger partial charge in [-0.05, 0) is 39.7 Å². The van der Waals surface area contributed by atoms with Gasteiger partial charge in [0.1, 0.15) is 12.7 Å². The highest BCUT2D eigenvalue weighted by Gasteiger charge is 2.25. The summed E-state index contributed by atoms with van der Waals surface area (Å²) in [6, 6.07) is 14.9. The summed E-state index contributed by atoms with van der Waals surface area (Å²) in [5.74, 6) is -0.350. The number of rotatable bonds is 4. The molecule has 4 rings (SSSR count). The fourth-order valence-corrected chi connectivity index (χ4v) is 2.77. The van der Waals surface area contributed by atoms with Crippen molar-refractivity contribution in [2.24, 2.45) is 0 Å². The topological polar surface area (TPSA) is 55.9 Å². The summed E-state index contributed by atoms with van der Waals surface area (Å²) in [5.41, 5.74) is 1.17. The molecule has 0 aliphatic carbocycles. The van der Waals surface area contributed by atoms with Crippen molar-refractivity contribution < 1.29 is 19.1 Å². The first kappa shape index (κ1) is 13.9. The van der Waals surface area contributed by atoms with Gasteiger partial charge in [-0.2, -0.15) is 0 Å². The van der Waals surface area contributed by atoms with Crippen LogP contribution in [0.1, 0.15) is 20.7 Å². The molecule has 1 aliphatic heterocycles. The Bertz CT molecular complexity index is 925. The number of aldehydes is 1. The lowest BCUT2D eigenvalue weighted by molar-refractivity contribution is 0.0479. The number of ether oxygens (including phenoxy) is 2. The maximum Gasteiger partial charge on any atom is 0.338 e. The second-order valence-electron chi connectivity index (χ2n) is 5.62. The lowest BCUT2D eigenvalue weighted by Crippen LogP contribution is -2.10. The van der Waals surface area contributed by atoms with Crippen molar-refractivity contribution in [2.45, 2.75) is 6.10 Å². The molecule has 23 heavy (non-hydrogen) atoms. The molecule has 0 amide bonds. The van der Waals surface area contributed by atoms with Crippen LogP contribution in [0.3, 0.4) is 0 Å². The molecule has 1 unspecified atom stereocenters. The Kier molecular flexibility index (Phi) is 3.32. The number of hydrogen-bond acceptors (Lipinski definition) is 4. The standard InChI is InChI=1S/C19H14O4/c20-9-14-5-1-3-12-8-18-13(7-17(12)14)4-2-6-16(18)19(21)23-11-15-10-22-15/h1-9,15H,10-11H2. The van der Waals surface area contributed by atoms with Crippen LogP contribution in [0.15, 0.2) is 48.5 Å². The molecule has 3 aromatic rings. The van der Waals surface area contributed by atoms with E-state index in [0.717, 1.165) is 27.8 Å². The summed E-state index contributed by atoms with van der Waals surface area (Å²) in [5, 5.41) is 3.54. The number of carbonyl (C=O) groups excluding carboxylic acids is 2. The quantitative estimate of drug-likeness (QED) is 0.321. The monoisotopic (exact) mass is 306 g/mol. The van der Waals surface area contributed by atoms with Crippen molar-refractivity contribution in [3.63, 3.8) is 0 Å². The minimum Gasteiger partial charge on any atom is -0.459 e. The van der Waals surface area contributed by atoms with Crippen molar-refractivity contribution in [1.82, 2.24) is 0 Å². The highest BCUT2D eigenvalue weighted by atomic mass is 16.6. The van der Waals surface area contributed by atoms with Crippen LogP contribution in [-0.2, 0) is 9.47 Å². The third-order valence-electron chi connectivity index (χ3n) is 4.06. The molecule has 1 heterocycles. The van der Waals surface area contributed by atoms with Crippen LogP contribution in [0.4, 0.5) is 0 Å². The van der Waals surface area contributed by atoms with Crippen LogP contribution in [0, 0.1) is 0 Å². The lowest BCUT2D eigenvalue weighted by Gasteiger charge is -2.09. The molecule has 1 atom stereocenters. The van der Waals surface area contributed by atoms with Gasteiger partial charge in [0, 0.05) is 5.56 Å². The Labute approximate surface area is 132 Å². The number of hydrogen-bond donors (Lipinski definition) is 0. The Morgan fingerprint density at radius 1 is 1.13 bits per heavy atom. The Morgan fingerprint density at radius 3 is 2.57 bits per heavy atom. The first-order valence-corrected chi connectivity index (χ1v) is 7.45. The van der Waals surface area contributed by atoms with E-state index in [2.05, 4.69) is 0 Å². The summed E-state index contributed by atoms with van der Waals surface area (Å²) in [6.07, 6.45) is 0.895. The molecule has 4 nitrogen and oxygen atoms in total. The van der Waals surface area contributed by atoms with E-state index in [-0.39, 0.29) is 18.7 Å². The number of carbonyl (C=O) groups is 2. The molecule has 4 heteroatoms. The van der Waals surface area contributed by atoms with E-state index in [1.165, 1.54) is 0 Å². The predicted octanol–water partition coefficient (Wildman–Crippen LogP) is 3.36. The fraction of sp³-hybridized carbons (Fsp3) is 0.158. The predicted molar refractivity (Wildman–Crippen MR) is 86.9 cm³/mol. The van der Waals surface area contributed by atoms with E-state index < -0.39 is 0 Å². The molecule has 0 N–H and O–H groups in total. The van der Waals surface area contributed by atoms with Crippen LogP contribution in [0.25, 0.3) is 21.5 Å². The van der Waals surface area contributed by atoms with Gasteiger partial charge in [-0.3, -0.25) is 4.79 Å². The summed E-state index contributed by atoms with van der Waals surface area (Å²) in [7, 11) is 0. The SMILES string of the molecule is O=Cc1cccc2cc3c(C(=O)OCC4CO4)cccc3cc12. The molecule has 3 aromatic carbocycles. The van der Waals surface area contributed by atoms with Crippen LogP contribution in [0.2, 0.25) is 0 Å². The maximum atomic E-state index is 12.3. The second-order valence-corrected chi connectivity index (χ2v) is 5.62. The van der Waals surface area contributed by atoms with Gasteiger partial charge >= 0.3 is 5.97 Å². The third-order valence-corrected chi connectivity index (χ3v) is 4.06. The minimum absolute atomic E-state index is 0.0462. The average Bonchev–Trinajstić information content (AvgIpc) is 3.41. The van der Waals surface area contributed by atoms with E-state index in [1.54, 1.807) is 12.1 Å². The first-order valence-electron chi connectivity index (χ1n) is 7.45. The van der Waals surface area contributed by atoms with Gasteiger partial charge in [0.05, 0.1) is 12.2 Å². The van der Waals surface area contributed by atoms with Crippen LogP contribution in [-0.4, -0.2) is 31.6 Å². The molecule has 0 aromatic heterocycles. The fourth-order valence-electron chi connectivity index (χ4n) is 2.77. The number of fused-ring (bicyclic) bond motifs is 2. The number of esters is 1. The van der Waals surface area contributed by atoms with E-state index in [1.807, 2.05) is 36.4 Å². The third kappa shape index (κ3) is 2.58. The Morgan fingerprint density at radius 2 is 1.83 bits per heavy atom. The molecule has 0 bridgehead atoms. The van der Waals surface area contributed by atoms with Crippen molar-refractivity contribution >= 4 is 33.8 Å². The smallest absolute Gasteiger partial charge is 0.338 e. The van der Waals surface area contributed by atoms with Gasteiger partial charge in [-0.25, -0.2) is 4.79 Å². The molecular weight excluding hydrogens is 292 g/mol. The molecule has 1 aliphatic rings. The van der Waals surface area contributed by atoms with E-state index >= 15 is 0 Å². The molecule has 114 valence electrons. The minimum atomic E-state index is -0.350. The summed E-state index contributed by atoms with van der Waals surface area (Å²) < 4.78 is 10.4. The van der Waals surface area contributed by atoms with Gasteiger partial charge < -0.3 is 9.47 Å². The molecule has 0 radical (unpaired) electrons. The van der Waals surface area contributed by atoms with Gasteiger partial charge in [0.15, 0.2) is 6.29 Å². The van der Waals surface area contributed by atoms with Crippen molar-refractivity contribution in [3.8, 4) is 0 Å². The highest BCUT2D eigenvalue weighted by Crippen LogP contribution is 2.28. The van der Waals surface area contributed by atoms with Crippen molar-refractivity contribution in [3.05, 3.63) is 59.7 Å². The van der Waals surface area contributed by atoms with E-state index in [9.17, 15) is 9.59 Å². The van der Waals surface area contributed by atoms with Gasteiger partial charge in [0.25, 0.3) is 0 Å². The molecular formula is C19H14O4. The highest BCUT2D eigenvalue weighted by molar-refractivity contribution is 6.11. The van der Waals surface area contributed by atoms with Gasteiger partial charge in [-0.1, -0.05) is 30.3 Å². The second kappa shape index (κ2) is 5.48. The van der Waals surface area contributed by atoms with E-state index in [0.29, 0.717) is 17.7 Å². The van der Waals surface area contributed by atoms with Crippen molar-refractivity contribution in [1.29, 1.82) is 0 Å². The Hall–Kier alpha value is -2.72. The Balaban J connectivity index is 1.83. The van der Waals surface area contributed by atoms with Gasteiger partial charge in [-0.15, -0.1) is 0 Å². The number of epoxide rings is 1. The van der Waals surface area contributed by atoms with Crippen LogP contribution >= 0.6 is 0 Å². The largest absolute Gasteiger partial charge is 0.459 e. The average molecular weight is 306 g/mol. The molecule has 1 saturated heterocycles.